The standard InChI is InChI=1S/C19H18N2O3/c1-13(19(23)24)20-18(22)16-8-7-15-9-10-21(17(15)11-16)12-14-5-3-2-4-6-14/h2-11,13H,12H2,1H3,(H,20,22)(H,23,24)/t13-/m0/s1. The lowest BCUT2D eigenvalue weighted by Crippen LogP contribution is -2.38. The zero-order valence-electron chi connectivity index (χ0n) is 13.3. The summed E-state index contributed by atoms with van der Waals surface area (Å²) in [5.74, 6) is -1.45. The average molecular weight is 322 g/mol. The summed E-state index contributed by atoms with van der Waals surface area (Å²) in [6.07, 6.45) is 1.99. The molecule has 3 rings (SSSR count). The van der Waals surface area contributed by atoms with Crippen LogP contribution in [0, 0.1) is 0 Å². The minimum atomic E-state index is -1.06. The fraction of sp³-hybridized carbons (Fsp3) is 0.158. The summed E-state index contributed by atoms with van der Waals surface area (Å²) < 4.78 is 2.07. The second-order valence-corrected chi connectivity index (χ2v) is 5.74. The Labute approximate surface area is 139 Å². The summed E-state index contributed by atoms with van der Waals surface area (Å²) in [4.78, 5) is 23.1. The molecule has 0 saturated carbocycles. The highest BCUT2D eigenvalue weighted by atomic mass is 16.4. The number of nitrogens with zero attached hydrogens (tertiary/aromatic N) is 1. The SMILES string of the molecule is C[C@H](NC(=O)c1ccc2ccn(Cc3ccccc3)c2c1)C(=O)O. The Morgan fingerprint density at radius 2 is 1.88 bits per heavy atom. The van der Waals surface area contributed by atoms with E-state index in [1.165, 1.54) is 12.5 Å². The molecule has 0 aliphatic rings. The first-order chi connectivity index (χ1) is 11.5. The van der Waals surface area contributed by atoms with Crippen molar-refractivity contribution < 1.29 is 14.7 Å². The van der Waals surface area contributed by atoms with Gasteiger partial charge < -0.3 is 15.0 Å². The van der Waals surface area contributed by atoms with Crippen molar-refractivity contribution in [2.45, 2.75) is 19.5 Å². The second-order valence-electron chi connectivity index (χ2n) is 5.74. The van der Waals surface area contributed by atoms with E-state index in [0.29, 0.717) is 12.1 Å². The van der Waals surface area contributed by atoms with Crippen LogP contribution >= 0.6 is 0 Å². The minimum Gasteiger partial charge on any atom is -0.480 e. The minimum absolute atomic E-state index is 0.390. The zero-order valence-corrected chi connectivity index (χ0v) is 13.3. The van der Waals surface area contributed by atoms with Crippen molar-refractivity contribution in [3.05, 3.63) is 71.9 Å². The molecule has 5 heteroatoms. The van der Waals surface area contributed by atoms with E-state index < -0.39 is 12.0 Å². The largest absolute Gasteiger partial charge is 0.480 e. The third kappa shape index (κ3) is 3.30. The molecule has 0 aliphatic carbocycles. The van der Waals surface area contributed by atoms with Crippen LogP contribution in [0.4, 0.5) is 0 Å². The molecule has 5 nitrogen and oxygen atoms in total. The summed E-state index contributed by atoms with van der Waals surface area (Å²) in [5, 5.41) is 12.4. The number of rotatable bonds is 5. The van der Waals surface area contributed by atoms with Crippen LogP contribution in [0.1, 0.15) is 22.8 Å². The Balaban J connectivity index is 1.88. The second kappa shape index (κ2) is 6.58. The van der Waals surface area contributed by atoms with E-state index in [-0.39, 0.29) is 5.91 Å². The van der Waals surface area contributed by atoms with Gasteiger partial charge in [-0.25, -0.2) is 0 Å². The number of amides is 1. The molecule has 0 radical (unpaired) electrons. The van der Waals surface area contributed by atoms with Gasteiger partial charge in [0.1, 0.15) is 6.04 Å². The van der Waals surface area contributed by atoms with Gasteiger partial charge in [-0.1, -0.05) is 36.4 Å². The van der Waals surface area contributed by atoms with Crippen molar-refractivity contribution >= 4 is 22.8 Å². The number of hydrogen-bond acceptors (Lipinski definition) is 2. The van der Waals surface area contributed by atoms with E-state index in [1.807, 2.05) is 36.5 Å². The first kappa shape index (κ1) is 15.8. The van der Waals surface area contributed by atoms with Crippen LogP contribution in [0.5, 0.6) is 0 Å². The molecular formula is C19H18N2O3. The van der Waals surface area contributed by atoms with Gasteiger partial charge in [-0.05, 0) is 36.1 Å². The first-order valence-corrected chi connectivity index (χ1v) is 7.71. The lowest BCUT2D eigenvalue weighted by Gasteiger charge is -2.10. The Hall–Kier alpha value is -3.08. The molecule has 0 unspecified atom stereocenters. The highest BCUT2D eigenvalue weighted by molar-refractivity contribution is 5.99. The van der Waals surface area contributed by atoms with Gasteiger partial charge in [0.15, 0.2) is 0 Å². The van der Waals surface area contributed by atoms with Crippen molar-refractivity contribution in [2.75, 3.05) is 0 Å². The van der Waals surface area contributed by atoms with Crippen LogP contribution in [0.25, 0.3) is 10.9 Å². The van der Waals surface area contributed by atoms with E-state index in [9.17, 15) is 9.59 Å². The van der Waals surface area contributed by atoms with Gasteiger partial charge in [0, 0.05) is 23.8 Å². The summed E-state index contributed by atoms with van der Waals surface area (Å²) in [5.41, 5.74) is 2.56. The van der Waals surface area contributed by atoms with E-state index >= 15 is 0 Å². The van der Waals surface area contributed by atoms with Crippen molar-refractivity contribution in [3.8, 4) is 0 Å². The lowest BCUT2D eigenvalue weighted by molar-refractivity contribution is -0.138. The van der Waals surface area contributed by atoms with Crippen LogP contribution in [0.15, 0.2) is 60.8 Å². The molecular weight excluding hydrogens is 304 g/mol. The summed E-state index contributed by atoms with van der Waals surface area (Å²) in [6.45, 7) is 2.15. The van der Waals surface area contributed by atoms with E-state index in [1.54, 1.807) is 12.1 Å². The number of carbonyl (C=O) groups excluding carboxylic acids is 1. The number of carboxylic acid groups (broad SMARTS) is 1. The third-order valence-corrected chi connectivity index (χ3v) is 3.95. The predicted octanol–water partition coefficient (Wildman–Crippen LogP) is 2.89. The molecule has 2 aromatic carbocycles. The molecule has 0 fully saturated rings. The molecule has 1 heterocycles. The van der Waals surface area contributed by atoms with Crippen LogP contribution in [-0.2, 0) is 11.3 Å². The van der Waals surface area contributed by atoms with Crippen molar-refractivity contribution in [3.63, 3.8) is 0 Å². The van der Waals surface area contributed by atoms with Crippen molar-refractivity contribution in [2.24, 2.45) is 0 Å². The van der Waals surface area contributed by atoms with E-state index in [4.69, 9.17) is 5.11 Å². The van der Waals surface area contributed by atoms with Crippen molar-refractivity contribution in [1.29, 1.82) is 0 Å². The molecule has 3 aromatic rings. The molecule has 24 heavy (non-hydrogen) atoms. The number of aliphatic carboxylic acids is 1. The Morgan fingerprint density at radius 1 is 1.12 bits per heavy atom. The molecule has 0 bridgehead atoms. The van der Waals surface area contributed by atoms with Gasteiger partial charge >= 0.3 is 5.97 Å². The number of carboxylic acids is 1. The summed E-state index contributed by atoms with van der Waals surface area (Å²) in [6, 6.07) is 16.5. The number of nitrogens with one attached hydrogen (secondary N) is 1. The Kier molecular flexibility index (Phi) is 4.33. The normalized spacial score (nSPS) is 12.0. The quantitative estimate of drug-likeness (QED) is 0.759. The smallest absolute Gasteiger partial charge is 0.325 e. The molecule has 0 spiro atoms. The van der Waals surface area contributed by atoms with Crippen LogP contribution in [0.2, 0.25) is 0 Å². The fourth-order valence-corrected chi connectivity index (χ4v) is 2.58. The summed E-state index contributed by atoms with van der Waals surface area (Å²) in [7, 11) is 0. The lowest BCUT2D eigenvalue weighted by atomic mass is 10.1. The number of benzene rings is 2. The van der Waals surface area contributed by atoms with E-state index in [0.717, 1.165) is 10.9 Å². The van der Waals surface area contributed by atoms with Gasteiger partial charge in [0.25, 0.3) is 5.91 Å². The number of aromatic nitrogens is 1. The van der Waals surface area contributed by atoms with E-state index in [2.05, 4.69) is 22.0 Å². The topological polar surface area (TPSA) is 71.3 Å². The van der Waals surface area contributed by atoms with Gasteiger partial charge in [0.05, 0.1) is 0 Å². The molecule has 1 amide bonds. The average Bonchev–Trinajstić information content (AvgIpc) is 2.98. The molecule has 0 saturated heterocycles. The predicted molar refractivity (Wildman–Crippen MR) is 92.0 cm³/mol. The van der Waals surface area contributed by atoms with Crippen molar-refractivity contribution in [1.82, 2.24) is 9.88 Å². The van der Waals surface area contributed by atoms with Gasteiger partial charge in [-0.3, -0.25) is 9.59 Å². The molecule has 1 aromatic heterocycles. The maximum atomic E-state index is 12.2. The fourth-order valence-electron chi connectivity index (χ4n) is 2.58. The molecule has 0 aliphatic heterocycles. The molecule has 2 N–H and O–H groups in total. The Bertz CT molecular complexity index is 884. The highest BCUT2D eigenvalue weighted by Crippen LogP contribution is 2.19. The molecule has 122 valence electrons. The van der Waals surface area contributed by atoms with Crippen LogP contribution < -0.4 is 5.32 Å². The summed E-state index contributed by atoms with van der Waals surface area (Å²) >= 11 is 0. The maximum Gasteiger partial charge on any atom is 0.325 e. The number of carbonyl (C=O) groups is 2. The first-order valence-electron chi connectivity index (χ1n) is 7.71. The number of hydrogen-bond donors (Lipinski definition) is 2. The molecule has 1 atom stereocenters. The van der Waals surface area contributed by atoms with Crippen LogP contribution in [-0.4, -0.2) is 27.6 Å². The maximum absolute atomic E-state index is 12.2. The highest BCUT2D eigenvalue weighted by Gasteiger charge is 2.16. The zero-order chi connectivity index (χ0) is 17.1. The third-order valence-electron chi connectivity index (χ3n) is 3.95. The van der Waals surface area contributed by atoms with Gasteiger partial charge in [-0.2, -0.15) is 0 Å². The van der Waals surface area contributed by atoms with Gasteiger partial charge in [0.2, 0.25) is 0 Å². The van der Waals surface area contributed by atoms with Crippen LogP contribution in [0.3, 0.4) is 0 Å². The van der Waals surface area contributed by atoms with Gasteiger partial charge in [-0.15, -0.1) is 0 Å². The monoisotopic (exact) mass is 322 g/mol. The Morgan fingerprint density at radius 3 is 2.58 bits per heavy atom. The number of fused-ring (bicyclic) bond motifs is 1.